The van der Waals surface area contributed by atoms with Gasteiger partial charge in [-0.3, -0.25) is 4.68 Å². The number of carbonyl (C=O) groups is 1. The topological polar surface area (TPSA) is 90.9 Å². The van der Waals surface area contributed by atoms with Crippen molar-refractivity contribution in [3.05, 3.63) is 72.2 Å². The van der Waals surface area contributed by atoms with Crippen molar-refractivity contribution >= 4 is 28.3 Å². The third kappa shape index (κ3) is 5.96. The van der Waals surface area contributed by atoms with Crippen LogP contribution in [0.1, 0.15) is 24.6 Å². The van der Waals surface area contributed by atoms with Gasteiger partial charge in [0.1, 0.15) is 5.65 Å². The molecule has 0 fully saturated rings. The first-order chi connectivity index (χ1) is 16.9. The highest BCUT2D eigenvalue weighted by Crippen LogP contribution is 2.24. The summed E-state index contributed by atoms with van der Waals surface area (Å²) in [5, 5.41) is 11.8. The van der Waals surface area contributed by atoms with Gasteiger partial charge in [-0.05, 0) is 68.3 Å². The van der Waals surface area contributed by atoms with Crippen LogP contribution in [0.15, 0.2) is 60.9 Å². The van der Waals surface area contributed by atoms with Crippen molar-refractivity contribution in [3.63, 3.8) is 0 Å². The minimum Gasteiger partial charge on any atom is -0.339 e. The largest absolute Gasteiger partial charge is 0.339 e. The molecule has 4 aromatic rings. The first-order valence-electron chi connectivity index (χ1n) is 11.9. The Labute approximate surface area is 206 Å². The number of anilines is 1. The fourth-order valence-corrected chi connectivity index (χ4v) is 3.85. The van der Waals surface area contributed by atoms with Gasteiger partial charge in [-0.15, -0.1) is 0 Å². The smallest absolute Gasteiger partial charge is 0.321 e. The van der Waals surface area contributed by atoms with E-state index in [0.717, 1.165) is 48.6 Å². The van der Waals surface area contributed by atoms with Crippen molar-refractivity contribution in [2.75, 3.05) is 32.5 Å². The zero-order valence-electron chi connectivity index (χ0n) is 20.8. The number of rotatable bonds is 4. The summed E-state index contributed by atoms with van der Waals surface area (Å²) in [6.07, 6.45) is 7.15. The van der Waals surface area contributed by atoms with Crippen LogP contribution in [0.4, 0.5) is 10.5 Å². The Morgan fingerprint density at radius 1 is 1.17 bits per heavy atom. The van der Waals surface area contributed by atoms with Gasteiger partial charge in [0.15, 0.2) is 0 Å². The molecule has 3 N–H and O–H groups in total. The number of nitrogens with zero attached hydrogens (tertiary/aromatic N) is 4. The van der Waals surface area contributed by atoms with Crippen LogP contribution in [0.25, 0.3) is 27.9 Å². The molecule has 0 aliphatic carbocycles. The maximum atomic E-state index is 11.5. The summed E-state index contributed by atoms with van der Waals surface area (Å²) in [6.45, 7) is 7.07. The number of aromatic amines is 1. The Hall–Kier alpha value is -3.91. The number of carbonyl (C=O) groups excluding carboxylic acids is 1. The molecule has 2 amide bonds. The van der Waals surface area contributed by atoms with Crippen LogP contribution in [0, 0.1) is 6.92 Å². The second-order valence-corrected chi connectivity index (χ2v) is 8.72. The van der Waals surface area contributed by atoms with E-state index < -0.39 is 0 Å². The van der Waals surface area contributed by atoms with E-state index in [1.807, 2.05) is 47.4 Å². The lowest BCUT2D eigenvalue weighted by Crippen LogP contribution is -2.27. The highest BCUT2D eigenvalue weighted by Gasteiger charge is 2.10. The average molecular weight is 472 g/mol. The molecule has 35 heavy (non-hydrogen) atoms. The second kappa shape index (κ2) is 11.0. The Morgan fingerprint density at radius 3 is 2.60 bits per heavy atom. The number of aromatic nitrogens is 4. The van der Waals surface area contributed by atoms with E-state index in [4.69, 9.17) is 0 Å². The molecule has 182 valence electrons. The summed E-state index contributed by atoms with van der Waals surface area (Å²) in [5.74, 6) is 0. The van der Waals surface area contributed by atoms with Crippen LogP contribution in [0.2, 0.25) is 0 Å². The molecule has 0 saturated carbocycles. The number of nitrogens with one attached hydrogen (secondary N) is 3. The molecular weight excluding hydrogens is 438 g/mol. The quantitative estimate of drug-likeness (QED) is 0.394. The molecule has 0 radical (unpaired) electrons. The molecule has 0 atom stereocenters. The van der Waals surface area contributed by atoms with Crippen molar-refractivity contribution < 1.29 is 4.79 Å². The SMILES string of the molecule is CCn1ccc(-c2ccc(NC(=O)N(C)C)cc2)n1.Cc1ccnc2[nH]c(C3=CCNCC3)cc12. The van der Waals surface area contributed by atoms with Crippen LogP contribution in [0.3, 0.4) is 0 Å². The van der Waals surface area contributed by atoms with Gasteiger partial charge in [-0.2, -0.15) is 5.10 Å². The molecule has 0 unspecified atom stereocenters. The van der Waals surface area contributed by atoms with Crippen LogP contribution < -0.4 is 10.6 Å². The van der Waals surface area contributed by atoms with Gasteiger partial charge in [0.25, 0.3) is 0 Å². The molecule has 1 aliphatic heterocycles. The van der Waals surface area contributed by atoms with E-state index in [9.17, 15) is 4.79 Å². The zero-order valence-corrected chi connectivity index (χ0v) is 20.8. The van der Waals surface area contributed by atoms with E-state index in [1.165, 1.54) is 27.1 Å². The number of hydrogen-bond acceptors (Lipinski definition) is 4. The monoisotopic (exact) mass is 471 g/mol. The highest BCUT2D eigenvalue weighted by molar-refractivity contribution is 5.89. The summed E-state index contributed by atoms with van der Waals surface area (Å²) in [7, 11) is 3.42. The Kier molecular flexibility index (Phi) is 7.62. The van der Waals surface area contributed by atoms with E-state index in [2.05, 4.69) is 57.8 Å². The molecule has 0 spiro atoms. The molecule has 8 nitrogen and oxygen atoms in total. The second-order valence-electron chi connectivity index (χ2n) is 8.72. The lowest BCUT2D eigenvalue weighted by Gasteiger charge is -2.12. The first-order valence-corrected chi connectivity index (χ1v) is 11.9. The van der Waals surface area contributed by atoms with Crippen molar-refractivity contribution in [1.29, 1.82) is 0 Å². The van der Waals surface area contributed by atoms with Crippen LogP contribution in [-0.2, 0) is 6.54 Å². The van der Waals surface area contributed by atoms with Crippen molar-refractivity contribution in [1.82, 2.24) is 30.0 Å². The predicted molar refractivity (Wildman–Crippen MR) is 142 cm³/mol. The van der Waals surface area contributed by atoms with E-state index in [0.29, 0.717) is 0 Å². The molecule has 1 aliphatic rings. The number of fused-ring (bicyclic) bond motifs is 1. The van der Waals surface area contributed by atoms with Crippen molar-refractivity contribution in [2.24, 2.45) is 0 Å². The first kappa shape index (κ1) is 24.2. The highest BCUT2D eigenvalue weighted by atomic mass is 16.2. The molecule has 8 heteroatoms. The van der Waals surface area contributed by atoms with Crippen molar-refractivity contribution in [2.45, 2.75) is 26.8 Å². The number of benzene rings is 1. The fraction of sp³-hybridized carbons (Fsp3) is 0.296. The zero-order chi connectivity index (χ0) is 24.8. The lowest BCUT2D eigenvalue weighted by atomic mass is 10.1. The van der Waals surface area contributed by atoms with Gasteiger partial charge in [0.2, 0.25) is 0 Å². The maximum absolute atomic E-state index is 11.5. The number of amides is 2. The minimum absolute atomic E-state index is 0.136. The number of hydrogen-bond donors (Lipinski definition) is 3. The maximum Gasteiger partial charge on any atom is 0.321 e. The normalized spacial score (nSPS) is 13.1. The van der Waals surface area contributed by atoms with Crippen LogP contribution >= 0.6 is 0 Å². The third-order valence-electron chi connectivity index (χ3n) is 5.96. The van der Waals surface area contributed by atoms with Gasteiger partial charge in [0.05, 0.1) is 5.69 Å². The van der Waals surface area contributed by atoms with Crippen LogP contribution in [0.5, 0.6) is 0 Å². The summed E-state index contributed by atoms with van der Waals surface area (Å²) in [5.41, 5.74) is 7.64. The number of aryl methyl sites for hydroxylation is 2. The summed E-state index contributed by atoms with van der Waals surface area (Å²) >= 11 is 0. The summed E-state index contributed by atoms with van der Waals surface area (Å²) in [4.78, 5) is 20.8. The Morgan fingerprint density at radius 2 is 1.97 bits per heavy atom. The molecule has 1 aromatic carbocycles. The molecule has 4 heterocycles. The van der Waals surface area contributed by atoms with Gasteiger partial charge < -0.3 is 20.5 Å². The van der Waals surface area contributed by atoms with Gasteiger partial charge >= 0.3 is 6.03 Å². The molecule has 0 bridgehead atoms. The summed E-state index contributed by atoms with van der Waals surface area (Å²) < 4.78 is 1.89. The predicted octanol–water partition coefficient (Wildman–Crippen LogP) is 4.91. The van der Waals surface area contributed by atoms with Gasteiger partial charge in [-0.1, -0.05) is 18.2 Å². The summed E-state index contributed by atoms with van der Waals surface area (Å²) in [6, 6.07) is 13.8. The molecule has 3 aromatic heterocycles. The van der Waals surface area contributed by atoms with Gasteiger partial charge in [-0.25, -0.2) is 9.78 Å². The third-order valence-corrected chi connectivity index (χ3v) is 5.96. The molecule has 5 rings (SSSR count). The fourth-order valence-electron chi connectivity index (χ4n) is 3.85. The minimum atomic E-state index is -0.136. The van der Waals surface area contributed by atoms with Crippen LogP contribution in [-0.4, -0.2) is 57.9 Å². The van der Waals surface area contributed by atoms with Crippen molar-refractivity contribution in [3.8, 4) is 11.3 Å². The Balaban J connectivity index is 0.000000167. The standard InChI is InChI=1S/C14H18N4O.C13H15N3/c1-4-18-10-9-13(16-18)11-5-7-12(8-6-11)15-14(19)17(2)3;1-9-2-7-15-13-11(9)8-12(16-13)10-3-5-14-6-4-10/h5-10H,4H2,1-3H3,(H,15,19);2-3,7-8,14H,4-6H2,1H3,(H,15,16). The molecule has 0 saturated heterocycles. The van der Waals surface area contributed by atoms with E-state index in [-0.39, 0.29) is 6.03 Å². The number of urea groups is 1. The van der Waals surface area contributed by atoms with E-state index in [1.54, 1.807) is 14.1 Å². The molecular formula is C27H33N7O. The number of pyridine rings is 1. The lowest BCUT2D eigenvalue weighted by molar-refractivity contribution is 0.230. The average Bonchev–Trinajstić information content (AvgIpc) is 3.54. The Bertz CT molecular complexity index is 1320. The number of H-pyrrole nitrogens is 1. The van der Waals surface area contributed by atoms with Gasteiger partial charge in [0, 0.05) is 61.9 Å². The van der Waals surface area contributed by atoms with E-state index >= 15 is 0 Å².